The van der Waals surface area contributed by atoms with E-state index in [1.807, 2.05) is 6.92 Å². The predicted octanol–water partition coefficient (Wildman–Crippen LogP) is 3.42. The Labute approximate surface area is 186 Å². The number of aromatic nitrogens is 2. The molecule has 2 aromatic carbocycles. The van der Waals surface area contributed by atoms with Gasteiger partial charge in [0.25, 0.3) is 5.91 Å². The number of benzene rings is 2. The minimum absolute atomic E-state index is 0.0557. The minimum Gasteiger partial charge on any atom is -0.497 e. The number of hydrogen-bond acceptors (Lipinski definition) is 7. The van der Waals surface area contributed by atoms with Crippen molar-refractivity contribution >= 4 is 21.9 Å². The molecule has 1 aromatic heterocycles. The van der Waals surface area contributed by atoms with Gasteiger partial charge in [-0.1, -0.05) is 12.0 Å². The van der Waals surface area contributed by atoms with Crippen molar-refractivity contribution in [2.75, 3.05) is 25.5 Å². The number of carbonyl (C=O) groups is 1. The third kappa shape index (κ3) is 4.66. The van der Waals surface area contributed by atoms with E-state index in [9.17, 15) is 13.2 Å². The lowest BCUT2D eigenvalue weighted by molar-refractivity contribution is 0.102. The van der Waals surface area contributed by atoms with Crippen molar-refractivity contribution in [2.45, 2.75) is 24.7 Å². The zero-order valence-corrected chi connectivity index (χ0v) is 18.6. The fourth-order valence-electron chi connectivity index (χ4n) is 3.59. The van der Waals surface area contributed by atoms with Crippen LogP contribution in [0.2, 0.25) is 0 Å². The average Bonchev–Trinajstić information content (AvgIpc) is 3.27. The molecule has 4 rings (SSSR count). The molecule has 0 spiro atoms. The second kappa shape index (κ2) is 9.09. The van der Waals surface area contributed by atoms with Gasteiger partial charge in [0.05, 0.1) is 12.0 Å². The first kappa shape index (κ1) is 22.0. The van der Waals surface area contributed by atoms with Crippen LogP contribution in [0.25, 0.3) is 11.5 Å². The Morgan fingerprint density at radius 2 is 1.84 bits per heavy atom. The van der Waals surface area contributed by atoms with Crippen LogP contribution in [0.3, 0.4) is 0 Å². The van der Waals surface area contributed by atoms with Gasteiger partial charge in [0.15, 0.2) is 0 Å². The van der Waals surface area contributed by atoms with Crippen molar-refractivity contribution < 1.29 is 22.4 Å². The molecule has 1 saturated heterocycles. The first-order valence-electron chi connectivity index (χ1n) is 10.3. The lowest BCUT2D eigenvalue weighted by Gasteiger charge is -2.30. The van der Waals surface area contributed by atoms with Crippen LogP contribution in [-0.4, -0.2) is 49.0 Å². The van der Waals surface area contributed by atoms with Gasteiger partial charge < -0.3 is 9.15 Å². The lowest BCUT2D eigenvalue weighted by atomic mass is 10.0. The van der Waals surface area contributed by atoms with Gasteiger partial charge in [0, 0.05) is 24.2 Å². The Bertz CT molecular complexity index is 1190. The summed E-state index contributed by atoms with van der Waals surface area (Å²) in [5.74, 6) is 0.800. The van der Waals surface area contributed by atoms with E-state index in [4.69, 9.17) is 9.15 Å². The zero-order chi connectivity index (χ0) is 22.7. The first-order valence-corrected chi connectivity index (χ1v) is 11.7. The van der Waals surface area contributed by atoms with Crippen LogP contribution in [-0.2, 0) is 10.0 Å². The summed E-state index contributed by atoms with van der Waals surface area (Å²) >= 11 is 0. The predicted molar refractivity (Wildman–Crippen MR) is 118 cm³/mol. The number of rotatable bonds is 6. The Morgan fingerprint density at radius 3 is 2.50 bits per heavy atom. The minimum atomic E-state index is -3.58. The summed E-state index contributed by atoms with van der Waals surface area (Å²) in [7, 11) is -2.00. The number of sulfonamides is 1. The van der Waals surface area contributed by atoms with E-state index < -0.39 is 15.9 Å². The Kier molecular flexibility index (Phi) is 6.24. The fourth-order valence-corrected chi connectivity index (χ4v) is 5.18. The number of carbonyl (C=O) groups excluding carboxylic acids is 1. The highest BCUT2D eigenvalue weighted by Crippen LogP contribution is 2.25. The van der Waals surface area contributed by atoms with Gasteiger partial charge in [-0.05, 0) is 67.3 Å². The van der Waals surface area contributed by atoms with E-state index in [-0.39, 0.29) is 22.4 Å². The number of nitrogens with one attached hydrogen (secondary N) is 1. The van der Waals surface area contributed by atoms with Gasteiger partial charge in [0.1, 0.15) is 5.75 Å². The molecule has 0 bridgehead atoms. The molecule has 9 nitrogen and oxygen atoms in total. The SMILES string of the molecule is COc1ccc(-c2nnc(NC(=O)c3ccc(S(=O)(=O)N4CCC[C@@H](C)C4)cc3)o2)cc1. The van der Waals surface area contributed by atoms with E-state index in [0.717, 1.165) is 12.8 Å². The molecule has 1 amide bonds. The van der Waals surface area contributed by atoms with Gasteiger partial charge in [-0.15, -0.1) is 5.10 Å². The summed E-state index contributed by atoms with van der Waals surface area (Å²) < 4.78 is 37.9. The van der Waals surface area contributed by atoms with Crippen molar-refractivity contribution in [2.24, 2.45) is 5.92 Å². The summed E-state index contributed by atoms with van der Waals surface area (Å²) in [6.45, 7) is 3.08. The number of nitrogens with zero attached hydrogens (tertiary/aromatic N) is 3. The summed E-state index contributed by atoms with van der Waals surface area (Å²) in [6, 6.07) is 12.8. The van der Waals surface area contributed by atoms with Crippen LogP contribution in [0.1, 0.15) is 30.1 Å². The van der Waals surface area contributed by atoms with Crippen LogP contribution in [0.15, 0.2) is 57.8 Å². The molecular weight excluding hydrogens is 432 g/mol. The maximum absolute atomic E-state index is 12.9. The van der Waals surface area contributed by atoms with Gasteiger partial charge in [-0.3, -0.25) is 10.1 Å². The standard InChI is InChI=1S/C22H24N4O5S/c1-15-4-3-13-26(14-15)32(28,29)19-11-7-16(8-12-19)20(27)23-22-25-24-21(31-22)17-5-9-18(30-2)10-6-17/h5-12,15H,3-4,13-14H2,1-2H3,(H,23,25,27)/t15-/m1/s1. The van der Waals surface area contributed by atoms with Crippen molar-refractivity contribution in [1.29, 1.82) is 0 Å². The molecule has 0 aliphatic carbocycles. The highest BCUT2D eigenvalue weighted by Gasteiger charge is 2.28. The highest BCUT2D eigenvalue weighted by atomic mass is 32.2. The molecule has 1 N–H and O–H groups in total. The molecule has 168 valence electrons. The molecule has 3 aromatic rings. The van der Waals surface area contributed by atoms with Crippen LogP contribution in [0, 0.1) is 5.92 Å². The molecule has 1 atom stereocenters. The zero-order valence-electron chi connectivity index (χ0n) is 17.8. The second-order valence-electron chi connectivity index (χ2n) is 7.73. The maximum Gasteiger partial charge on any atom is 0.322 e. The Balaban J connectivity index is 1.43. The molecule has 0 saturated carbocycles. The monoisotopic (exact) mass is 456 g/mol. The number of hydrogen-bond donors (Lipinski definition) is 1. The van der Waals surface area contributed by atoms with Crippen LogP contribution in [0.5, 0.6) is 5.75 Å². The third-order valence-electron chi connectivity index (χ3n) is 5.36. The largest absolute Gasteiger partial charge is 0.497 e. The van der Waals surface area contributed by atoms with Gasteiger partial charge in [-0.25, -0.2) is 8.42 Å². The van der Waals surface area contributed by atoms with Crippen molar-refractivity contribution in [3.8, 4) is 17.2 Å². The van der Waals surface area contributed by atoms with E-state index in [1.54, 1.807) is 31.4 Å². The smallest absolute Gasteiger partial charge is 0.322 e. The lowest BCUT2D eigenvalue weighted by Crippen LogP contribution is -2.39. The molecule has 1 aliphatic heterocycles. The molecule has 0 unspecified atom stereocenters. The van der Waals surface area contributed by atoms with E-state index in [0.29, 0.717) is 30.3 Å². The summed E-state index contributed by atoms with van der Waals surface area (Å²) in [5.41, 5.74) is 0.959. The molecule has 1 fully saturated rings. The van der Waals surface area contributed by atoms with E-state index in [2.05, 4.69) is 15.5 Å². The normalized spacial score (nSPS) is 17.1. The molecule has 10 heteroatoms. The summed E-state index contributed by atoms with van der Waals surface area (Å²) in [5, 5.41) is 10.3. The fraction of sp³-hybridized carbons (Fsp3) is 0.318. The van der Waals surface area contributed by atoms with E-state index >= 15 is 0 Å². The highest BCUT2D eigenvalue weighted by molar-refractivity contribution is 7.89. The van der Waals surface area contributed by atoms with E-state index in [1.165, 1.54) is 28.6 Å². The van der Waals surface area contributed by atoms with Gasteiger partial charge >= 0.3 is 6.01 Å². The maximum atomic E-state index is 12.9. The Hall–Kier alpha value is -3.24. The molecule has 32 heavy (non-hydrogen) atoms. The van der Waals surface area contributed by atoms with Crippen molar-refractivity contribution in [3.05, 3.63) is 54.1 Å². The van der Waals surface area contributed by atoms with Crippen molar-refractivity contribution in [1.82, 2.24) is 14.5 Å². The van der Waals surface area contributed by atoms with Gasteiger partial charge in [0.2, 0.25) is 15.9 Å². The van der Waals surface area contributed by atoms with Crippen LogP contribution >= 0.6 is 0 Å². The molecule has 1 aliphatic rings. The number of amides is 1. The van der Waals surface area contributed by atoms with Crippen LogP contribution in [0.4, 0.5) is 6.01 Å². The number of methoxy groups -OCH3 is 1. The average molecular weight is 457 g/mol. The quantitative estimate of drug-likeness (QED) is 0.604. The molecule has 2 heterocycles. The van der Waals surface area contributed by atoms with Gasteiger partial charge in [-0.2, -0.15) is 4.31 Å². The summed E-state index contributed by atoms with van der Waals surface area (Å²) in [6.07, 6.45) is 1.88. The number of piperidine rings is 1. The second-order valence-corrected chi connectivity index (χ2v) is 9.67. The molecule has 0 radical (unpaired) electrons. The third-order valence-corrected chi connectivity index (χ3v) is 7.24. The van der Waals surface area contributed by atoms with Crippen molar-refractivity contribution in [3.63, 3.8) is 0 Å². The Morgan fingerprint density at radius 1 is 1.12 bits per heavy atom. The first-order chi connectivity index (χ1) is 15.4. The summed E-state index contributed by atoms with van der Waals surface area (Å²) in [4.78, 5) is 12.7. The number of ether oxygens (including phenoxy) is 1. The topological polar surface area (TPSA) is 115 Å². The molecular formula is C22H24N4O5S. The van der Waals surface area contributed by atoms with Crippen LogP contribution < -0.4 is 10.1 Å². The number of anilines is 1.